The molecule has 4 aromatic rings. The fraction of sp³-hybridized carbons (Fsp3) is 0.154. The molecule has 0 saturated heterocycles. The highest BCUT2D eigenvalue weighted by molar-refractivity contribution is 6.10. The molecule has 0 fully saturated rings. The molecule has 154 valence electrons. The van der Waals surface area contributed by atoms with E-state index in [9.17, 15) is 9.59 Å². The van der Waals surface area contributed by atoms with E-state index >= 15 is 0 Å². The minimum Gasteiger partial charge on any atom is -0.486 e. The van der Waals surface area contributed by atoms with Gasteiger partial charge in [0.15, 0.2) is 17.3 Å². The van der Waals surface area contributed by atoms with Gasteiger partial charge in [0.2, 0.25) is 5.43 Å². The van der Waals surface area contributed by atoms with Crippen molar-refractivity contribution in [3.63, 3.8) is 0 Å². The Morgan fingerprint density at radius 2 is 1.61 bits per heavy atom. The molecule has 0 N–H and O–H groups in total. The summed E-state index contributed by atoms with van der Waals surface area (Å²) in [6.07, 6.45) is 1.66. The van der Waals surface area contributed by atoms with Crippen LogP contribution in [0.15, 0.2) is 77.7 Å². The van der Waals surface area contributed by atoms with E-state index in [4.69, 9.17) is 9.47 Å². The Bertz CT molecular complexity index is 1340. The monoisotopic (exact) mass is 411 g/mol. The van der Waals surface area contributed by atoms with Crippen LogP contribution in [-0.4, -0.2) is 23.6 Å². The van der Waals surface area contributed by atoms with Gasteiger partial charge in [0.05, 0.1) is 16.5 Å². The number of ketones is 1. The lowest BCUT2D eigenvalue weighted by Crippen LogP contribution is -2.21. The zero-order valence-corrected chi connectivity index (χ0v) is 17.1. The number of hydrogen-bond donors (Lipinski definition) is 0. The lowest BCUT2D eigenvalue weighted by molar-refractivity contribution is 0.103. The average molecular weight is 411 g/mol. The third-order valence-electron chi connectivity index (χ3n) is 5.50. The number of nitrogens with zero attached hydrogens (tertiary/aromatic N) is 1. The summed E-state index contributed by atoms with van der Waals surface area (Å²) in [6, 6.07) is 20.6. The van der Waals surface area contributed by atoms with Gasteiger partial charge in [0.1, 0.15) is 13.2 Å². The molecule has 1 aromatic heterocycles. The topological polar surface area (TPSA) is 57.5 Å². The maximum Gasteiger partial charge on any atom is 0.200 e. The fourth-order valence-electron chi connectivity index (χ4n) is 3.85. The van der Waals surface area contributed by atoms with Crippen LogP contribution in [0.25, 0.3) is 10.9 Å². The van der Waals surface area contributed by atoms with Gasteiger partial charge in [-0.25, -0.2) is 0 Å². The van der Waals surface area contributed by atoms with Crippen LogP contribution in [0.3, 0.4) is 0 Å². The van der Waals surface area contributed by atoms with Crippen LogP contribution in [0.5, 0.6) is 11.5 Å². The van der Waals surface area contributed by atoms with Crippen LogP contribution >= 0.6 is 0 Å². The summed E-state index contributed by atoms with van der Waals surface area (Å²) in [6.45, 7) is 3.45. The van der Waals surface area contributed by atoms with Crippen LogP contribution in [0.1, 0.15) is 27.0 Å². The first-order valence-corrected chi connectivity index (χ1v) is 10.2. The summed E-state index contributed by atoms with van der Waals surface area (Å²) in [5.74, 6) is 0.847. The molecular formula is C26H21NO4. The quantitative estimate of drug-likeness (QED) is 0.468. The number of carbonyl (C=O) groups is 1. The molecule has 0 spiro atoms. The van der Waals surface area contributed by atoms with Gasteiger partial charge >= 0.3 is 0 Å². The Morgan fingerprint density at radius 1 is 0.935 bits per heavy atom. The first-order valence-electron chi connectivity index (χ1n) is 10.2. The van der Waals surface area contributed by atoms with Gasteiger partial charge < -0.3 is 14.0 Å². The molecule has 1 aliphatic heterocycles. The SMILES string of the molecule is Cc1ccc(Cn2cc(C(=O)c3ccccc3)c(=O)c3cc4c(cc32)OCCO4)cc1. The number of pyridine rings is 1. The number of rotatable bonds is 4. The molecule has 31 heavy (non-hydrogen) atoms. The summed E-state index contributed by atoms with van der Waals surface area (Å²) < 4.78 is 13.4. The lowest BCUT2D eigenvalue weighted by Gasteiger charge is -2.21. The van der Waals surface area contributed by atoms with Crippen molar-refractivity contribution in [3.05, 3.63) is 105 Å². The second-order valence-electron chi connectivity index (χ2n) is 7.69. The number of ether oxygens (including phenoxy) is 2. The lowest BCUT2D eigenvalue weighted by atomic mass is 10.0. The predicted molar refractivity (Wildman–Crippen MR) is 119 cm³/mol. The maximum atomic E-state index is 13.3. The van der Waals surface area contributed by atoms with E-state index in [1.165, 1.54) is 5.56 Å². The average Bonchev–Trinajstić information content (AvgIpc) is 2.81. The standard InChI is InChI=1S/C26H21NO4/c1-17-7-9-18(10-8-17)15-27-16-21(25(28)19-5-3-2-4-6-19)26(29)20-13-23-24(14-22(20)27)31-12-11-30-23/h2-10,13-14,16H,11-12,15H2,1H3. The Balaban J connectivity index is 1.72. The number of benzene rings is 3. The summed E-state index contributed by atoms with van der Waals surface area (Å²) in [4.78, 5) is 26.5. The molecule has 1 aliphatic rings. The van der Waals surface area contributed by atoms with Crippen LogP contribution in [0.4, 0.5) is 0 Å². The number of hydrogen-bond acceptors (Lipinski definition) is 4. The van der Waals surface area contributed by atoms with Gasteiger partial charge in [-0.2, -0.15) is 0 Å². The number of aromatic nitrogens is 1. The Kier molecular flexibility index (Phi) is 4.79. The molecule has 2 heterocycles. The number of aryl methyl sites for hydroxylation is 1. The van der Waals surface area contributed by atoms with Crippen molar-refractivity contribution in [1.82, 2.24) is 4.57 Å². The van der Waals surface area contributed by atoms with Crippen molar-refractivity contribution >= 4 is 16.7 Å². The van der Waals surface area contributed by atoms with Crippen LogP contribution in [-0.2, 0) is 6.54 Å². The first-order chi connectivity index (χ1) is 15.1. The number of fused-ring (bicyclic) bond motifs is 2. The van der Waals surface area contributed by atoms with E-state index in [2.05, 4.69) is 24.3 Å². The van der Waals surface area contributed by atoms with E-state index in [1.807, 2.05) is 23.6 Å². The minimum absolute atomic E-state index is 0.141. The fourth-order valence-corrected chi connectivity index (χ4v) is 3.85. The van der Waals surface area contributed by atoms with Crippen molar-refractivity contribution in [2.45, 2.75) is 13.5 Å². The highest BCUT2D eigenvalue weighted by atomic mass is 16.6. The maximum absolute atomic E-state index is 13.3. The summed E-state index contributed by atoms with van der Waals surface area (Å²) in [5.41, 5.74) is 3.28. The molecule has 0 saturated carbocycles. The van der Waals surface area contributed by atoms with Gasteiger partial charge in [0, 0.05) is 24.4 Å². The zero-order chi connectivity index (χ0) is 21.4. The van der Waals surface area contributed by atoms with Gasteiger partial charge in [-0.3, -0.25) is 9.59 Å². The molecule has 5 heteroatoms. The number of carbonyl (C=O) groups excluding carboxylic acids is 1. The van der Waals surface area contributed by atoms with E-state index < -0.39 is 0 Å². The van der Waals surface area contributed by atoms with E-state index in [1.54, 1.807) is 36.5 Å². The molecular weight excluding hydrogens is 390 g/mol. The molecule has 0 aliphatic carbocycles. The third kappa shape index (κ3) is 3.59. The highest BCUT2D eigenvalue weighted by Crippen LogP contribution is 2.34. The van der Waals surface area contributed by atoms with Crippen LogP contribution in [0, 0.1) is 6.92 Å². The summed E-state index contributed by atoms with van der Waals surface area (Å²) >= 11 is 0. The van der Waals surface area contributed by atoms with E-state index in [-0.39, 0.29) is 16.8 Å². The largest absolute Gasteiger partial charge is 0.486 e. The first kappa shape index (κ1) is 19.1. The van der Waals surface area contributed by atoms with E-state index in [0.717, 1.165) is 5.56 Å². The van der Waals surface area contributed by atoms with Crippen molar-refractivity contribution in [3.8, 4) is 11.5 Å². The van der Waals surface area contributed by atoms with Gasteiger partial charge in [-0.1, -0.05) is 60.2 Å². The minimum atomic E-state index is -0.305. The Hall–Kier alpha value is -3.86. The van der Waals surface area contributed by atoms with Crippen LogP contribution in [0.2, 0.25) is 0 Å². The molecule has 5 nitrogen and oxygen atoms in total. The van der Waals surface area contributed by atoms with Crippen LogP contribution < -0.4 is 14.9 Å². The Morgan fingerprint density at radius 3 is 2.32 bits per heavy atom. The summed E-state index contributed by atoms with van der Waals surface area (Å²) in [5, 5.41) is 0.443. The third-order valence-corrected chi connectivity index (χ3v) is 5.50. The molecule has 0 bridgehead atoms. The molecule has 0 radical (unpaired) electrons. The van der Waals surface area contributed by atoms with Crippen molar-refractivity contribution in [2.75, 3.05) is 13.2 Å². The van der Waals surface area contributed by atoms with Crippen molar-refractivity contribution in [1.29, 1.82) is 0 Å². The van der Waals surface area contributed by atoms with Gasteiger partial charge in [-0.15, -0.1) is 0 Å². The molecule has 5 rings (SSSR count). The molecule has 0 unspecified atom stereocenters. The second kappa shape index (κ2) is 7.76. The second-order valence-corrected chi connectivity index (χ2v) is 7.69. The van der Waals surface area contributed by atoms with Gasteiger partial charge in [-0.05, 0) is 18.6 Å². The predicted octanol–water partition coefficient (Wildman–Crippen LogP) is 4.36. The summed E-state index contributed by atoms with van der Waals surface area (Å²) in [7, 11) is 0. The molecule has 0 amide bonds. The molecule has 0 atom stereocenters. The highest BCUT2D eigenvalue weighted by Gasteiger charge is 2.21. The zero-order valence-electron chi connectivity index (χ0n) is 17.1. The smallest absolute Gasteiger partial charge is 0.200 e. The molecule has 3 aromatic carbocycles. The van der Waals surface area contributed by atoms with Crippen molar-refractivity contribution < 1.29 is 14.3 Å². The van der Waals surface area contributed by atoms with Crippen molar-refractivity contribution in [2.24, 2.45) is 0 Å². The van der Waals surface area contributed by atoms with Gasteiger partial charge in [0.25, 0.3) is 0 Å². The van der Waals surface area contributed by atoms with E-state index in [0.29, 0.717) is 47.7 Å². The Labute approximate surface area is 179 Å². The normalized spacial score (nSPS) is 12.7.